The lowest BCUT2D eigenvalue weighted by Gasteiger charge is -1.97. The molecule has 0 unspecified atom stereocenters. The van der Waals surface area contributed by atoms with E-state index in [0.29, 0.717) is 6.61 Å². The normalized spacial score (nSPS) is 11.3. The maximum atomic E-state index is 5.64. The monoisotopic (exact) mass is 183 g/mol. The maximum absolute atomic E-state index is 5.64. The Kier molecular flexibility index (Phi) is 3.61. The lowest BCUT2D eigenvalue weighted by Crippen LogP contribution is -1.93. The summed E-state index contributed by atoms with van der Waals surface area (Å²) in [5.41, 5.74) is 0.802. The second-order valence-electron chi connectivity index (χ2n) is 2.13. The van der Waals surface area contributed by atoms with Crippen LogP contribution in [-0.4, -0.2) is 12.0 Å². The van der Waals surface area contributed by atoms with Crippen LogP contribution in [0.15, 0.2) is 35.3 Å². The molecule has 3 heteroatoms. The highest BCUT2D eigenvalue weighted by atomic mass is 35.5. The highest BCUT2D eigenvalue weighted by molar-refractivity contribution is 6.63. The van der Waals surface area contributed by atoms with E-state index >= 15 is 0 Å². The Balaban J connectivity index is 2.67. The molecule has 0 amide bonds. The summed E-state index contributed by atoms with van der Waals surface area (Å²) in [5.74, 6) is 0. The molecule has 0 bridgehead atoms. The van der Waals surface area contributed by atoms with Gasteiger partial charge < -0.3 is 4.74 Å². The van der Waals surface area contributed by atoms with Crippen molar-refractivity contribution in [3.8, 4) is 0 Å². The smallest absolute Gasteiger partial charge is 0.287 e. The van der Waals surface area contributed by atoms with Crippen molar-refractivity contribution >= 4 is 22.6 Å². The number of hydrogen-bond acceptors (Lipinski definition) is 2. The Morgan fingerprint density at radius 2 is 2.08 bits per heavy atom. The number of nitrogens with zero attached hydrogens (tertiary/aromatic N) is 1. The summed E-state index contributed by atoms with van der Waals surface area (Å²) in [7, 11) is 0. The summed E-state index contributed by atoms with van der Waals surface area (Å²) in [6.07, 6.45) is 0. The Hall–Kier alpha value is -1.02. The average Bonchev–Trinajstić information content (AvgIpc) is 2.06. The van der Waals surface area contributed by atoms with E-state index in [1.807, 2.05) is 37.3 Å². The number of ether oxygens (including phenoxy) is 1. The Bertz CT molecular complexity index is 258. The van der Waals surface area contributed by atoms with Gasteiger partial charge in [-0.05, 0) is 30.7 Å². The van der Waals surface area contributed by atoms with E-state index in [1.54, 1.807) is 0 Å². The lowest BCUT2D eigenvalue weighted by molar-refractivity contribution is 0.337. The predicted octanol–water partition coefficient (Wildman–Crippen LogP) is 2.95. The SMILES string of the molecule is CCO/C(Cl)=N/c1ccccc1. The van der Waals surface area contributed by atoms with E-state index in [9.17, 15) is 0 Å². The first-order valence-electron chi connectivity index (χ1n) is 3.75. The number of para-hydroxylation sites is 1. The quantitative estimate of drug-likeness (QED) is 0.510. The van der Waals surface area contributed by atoms with Crippen molar-refractivity contribution < 1.29 is 4.74 Å². The summed E-state index contributed by atoms with van der Waals surface area (Å²) < 4.78 is 4.96. The molecule has 0 N–H and O–H groups in total. The van der Waals surface area contributed by atoms with Crippen LogP contribution in [0.2, 0.25) is 0 Å². The zero-order valence-electron chi connectivity index (χ0n) is 6.83. The molecule has 0 aromatic heterocycles. The largest absolute Gasteiger partial charge is 0.469 e. The lowest BCUT2D eigenvalue weighted by atomic mass is 10.3. The van der Waals surface area contributed by atoms with Crippen molar-refractivity contribution in [3.63, 3.8) is 0 Å². The van der Waals surface area contributed by atoms with E-state index in [0.717, 1.165) is 5.69 Å². The second-order valence-corrected chi connectivity index (χ2v) is 2.46. The molecule has 0 radical (unpaired) electrons. The molecule has 0 fully saturated rings. The van der Waals surface area contributed by atoms with Crippen molar-refractivity contribution in [3.05, 3.63) is 30.3 Å². The summed E-state index contributed by atoms with van der Waals surface area (Å²) in [5, 5.41) is 0.184. The summed E-state index contributed by atoms with van der Waals surface area (Å²) >= 11 is 5.64. The molecule has 0 heterocycles. The van der Waals surface area contributed by atoms with Gasteiger partial charge in [-0.3, -0.25) is 0 Å². The molecule has 2 nitrogen and oxygen atoms in total. The predicted molar refractivity (Wildman–Crippen MR) is 51.0 cm³/mol. The molecule has 0 saturated heterocycles. The molecule has 1 rings (SSSR count). The van der Waals surface area contributed by atoms with Gasteiger partial charge in [0.05, 0.1) is 12.3 Å². The van der Waals surface area contributed by atoms with E-state index in [4.69, 9.17) is 16.3 Å². The summed E-state index contributed by atoms with van der Waals surface area (Å²) in [6, 6.07) is 9.44. The maximum Gasteiger partial charge on any atom is 0.287 e. The van der Waals surface area contributed by atoms with Crippen LogP contribution in [0.4, 0.5) is 5.69 Å². The molecule has 1 aromatic rings. The van der Waals surface area contributed by atoms with E-state index in [1.165, 1.54) is 0 Å². The van der Waals surface area contributed by atoms with Gasteiger partial charge in [0, 0.05) is 0 Å². The first kappa shape index (κ1) is 9.07. The zero-order chi connectivity index (χ0) is 8.81. The van der Waals surface area contributed by atoms with Gasteiger partial charge in [-0.25, -0.2) is 4.99 Å². The second kappa shape index (κ2) is 4.78. The number of hydrogen-bond donors (Lipinski definition) is 0. The van der Waals surface area contributed by atoms with Crippen molar-refractivity contribution in [2.45, 2.75) is 6.92 Å². The van der Waals surface area contributed by atoms with Crippen molar-refractivity contribution in [2.24, 2.45) is 4.99 Å². The van der Waals surface area contributed by atoms with Crippen molar-refractivity contribution in [2.75, 3.05) is 6.61 Å². The third-order valence-electron chi connectivity index (χ3n) is 1.24. The van der Waals surface area contributed by atoms with Crippen LogP contribution >= 0.6 is 11.6 Å². The Morgan fingerprint density at radius 1 is 1.42 bits per heavy atom. The molecule has 0 spiro atoms. The van der Waals surface area contributed by atoms with Crippen LogP contribution in [0.5, 0.6) is 0 Å². The highest BCUT2D eigenvalue weighted by Crippen LogP contribution is 2.11. The summed E-state index contributed by atoms with van der Waals surface area (Å²) in [4.78, 5) is 4.01. The molecule has 12 heavy (non-hydrogen) atoms. The van der Waals surface area contributed by atoms with Crippen molar-refractivity contribution in [1.82, 2.24) is 0 Å². The number of benzene rings is 1. The minimum absolute atomic E-state index is 0.184. The zero-order valence-corrected chi connectivity index (χ0v) is 7.58. The van der Waals surface area contributed by atoms with Crippen LogP contribution in [0, 0.1) is 0 Å². The molecule has 0 aliphatic heterocycles. The third-order valence-corrected chi connectivity index (χ3v) is 1.43. The van der Waals surface area contributed by atoms with Gasteiger partial charge in [-0.1, -0.05) is 18.2 Å². The van der Waals surface area contributed by atoms with Crippen LogP contribution in [-0.2, 0) is 4.74 Å². The van der Waals surface area contributed by atoms with Gasteiger partial charge in [-0.15, -0.1) is 0 Å². The van der Waals surface area contributed by atoms with Gasteiger partial charge in [0.2, 0.25) is 0 Å². The van der Waals surface area contributed by atoms with Gasteiger partial charge in [0.25, 0.3) is 5.36 Å². The molecule has 0 saturated carbocycles. The molecular formula is C9H10ClNO. The number of halogens is 1. The highest BCUT2D eigenvalue weighted by Gasteiger charge is 1.92. The average molecular weight is 184 g/mol. The number of rotatable bonds is 2. The van der Waals surface area contributed by atoms with Crippen LogP contribution in [0.25, 0.3) is 0 Å². The standard InChI is InChI=1S/C9H10ClNO/c1-2-12-9(10)11-8-6-4-3-5-7-8/h3-7H,2H2,1H3/b11-9+. The van der Waals surface area contributed by atoms with Crippen LogP contribution < -0.4 is 0 Å². The minimum Gasteiger partial charge on any atom is -0.469 e. The van der Waals surface area contributed by atoms with E-state index in [2.05, 4.69) is 4.99 Å². The number of aliphatic imine (C=N–C) groups is 1. The molecule has 0 aliphatic rings. The fourth-order valence-electron chi connectivity index (χ4n) is 0.755. The summed E-state index contributed by atoms with van der Waals surface area (Å²) in [6.45, 7) is 2.40. The van der Waals surface area contributed by atoms with E-state index in [-0.39, 0.29) is 5.36 Å². The van der Waals surface area contributed by atoms with Gasteiger partial charge in [-0.2, -0.15) is 0 Å². The van der Waals surface area contributed by atoms with Gasteiger partial charge in [0.1, 0.15) is 0 Å². The molecule has 0 aliphatic carbocycles. The van der Waals surface area contributed by atoms with Crippen molar-refractivity contribution in [1.29, 1.82) is 0 Å². The van der Waals surface area contributed by atoms with Gasteiger partial charge >= 0.3 is 0 Å². The topological polar surface area (TPSA) is 21.6 Å². The van der Waals surface area contributed by atoms with Gasteiger partial charge in [0.15, 0.2) is 0 Å². The molecular weight excluding hydrogens is 174 g/mol. The molecule has 0 atom stereocenters. The van der Waals surface area contributed by atoms with Crippen LogP contribution in [0.1, 0.15) is 6.92 Å². The Morgan fingerprint density at radius 3 is 2.67 bits per heavy atom. The molecule has 64 valence electrons. The van der Waals surface area contributed by atoms with Crippen LogP contribution in [0.3, 0.4) is 0 Å². The molecule has 1 aromatic carbocycles. The fourth-order valence-corrected chi connectivity index (χ4v) is 0.962. The van der Waals surface area contributed by atoms with E-state index < -0.39 is 0 Å². The minimum atomic E-state index is 0.184. The first-order valence-corrected chi connectivity index (χ1v) is 4.12. The first-order chi connectivity index (χ1) is 5.83. The fraction of sp³-hybridized carbons (Fsp3) is 0.222. The third kappa shape index (κ3) is 2.93. The Labute approximate surface area is 76.8 Å².